The largest absolute Gasteiger partial charge is 0.494 e. The molecule has 8 heteroatoms. The number of piperidine rings is 1. The molecule has 1 saturated heterocycles. The fourth-order valence-corrected chi connectivity index (χ4v) is 4.31. The number of rotatable bonds is 7. The Morgan fingerprint density at radius 1 is 1.15 bits per heavy atom. The number of ether oxygens (including phenoxy) is 1. The Kier molecular flexibility index (Phi) is 6.41. The van der Waals surface area contributed by atoms with Crippen molar-refractivity contribution in [1.82, 2.24) is 9.29 Å². The third-order valence-electron chi connectivity index (χ3n) is 4.27. The molecule has 1 aromatic heterocycles. The predicted molar refractivity (Wildman–Crippen MR) is 106 cm³/mol. The van der Waals surface area contributed by atoms with Crippen LogP contribution in [0.4, 0.5) is 5.82 Å². The maximum absolute atomic E-state index is 12.6. The normalized spacial score (nSPS) is 15.7. The quantitative estimate of drug-likeness (QED) is 0.582. The molecule has 1 N–H and O–H groups in total. The van der Waals surface area contributed by atoms with Crippen LogP contribution in [0.25, 0.3) is 0 Å². The van der Waals surface area contributed by atoms with Crippen LogP contribution in [0.3, 0.4) is 0 Å². The lowest BCUT2D eigenvalue weighted by molar-refractivity contribution is 0.340. The maximum Gasteiger partial charge on any atom is 0.244 e. The fourth-order valence-electron chi connectivity index (χ4n) is 2.84. The van der Waals surface area contributed by atoms with E-state index in [2.05, 4.69) is 15.5 Å². The van der Waals surface area contributed by atoms with Crippen LogP contribution in [0.2, 0.25) is 0 Å². The smallest absolute Gasteiger partial charge is 0.244 e. The molecule has 0 bridgehead atoms. The van der Waals surface area contributed by atoms with Gasteiger partial charge in [0.15, 0.2) is 0 Å². The second kappa shape index (κ2) is 8.96. The summed E-state index contributed by atoms with van der Waals surface area (Å²) in [5, 5.41) is 4.13. The average molecular weight is 388 g/mol. The molecule has 2 heterocycles. The highest BCUT2D eigenvalue weighted by molar-refractivity contribution is 7.89. The Balaban J connectivity index is 1.60. The van der Waals surface area contributed by atoms with Crippen LogP contribution < -0.4 is 10.2 Å². The van der Waals surface area contributed by atoms with Gasteiger partial charge >= 0.3 is 0 Å². The van der Waals surface area contributed by atoms with Crippen molar-refractivity contribution < 1.29 is 13.2 Å². The van der Waals surface area contributed by atoms with E-state index in [-0.39, 0.29) is 4.90 Å². The molecule has 0 atom stereocenters. The molecule has 27 heavy (non-hydrogen) atoms. The van der Waals surface area contributed by atoms with Crippen molar-refractivity contribution in [3.63, 3.8) is 0 Å². The van der Waals surface area contributed by atoms with Gasteiger partial charge in [-0.05, 0) is 61.7 Å². The molecule has 0 aliphatic carbocycles. The summed E-state index contributed by atoms with van der Waals surface area (Å²) in [6.07, 6.45) is 5.94. The van der Waals surface area contributed by atoms with Crippen molar-refractivity contribution in [3.8, 4) is 5.75 Å². The van der Waals surface area contributed by atoms with Crippen LogP contribution in [-0.2, 0) is 10.0 Å². The highest BCUT2D eigenvalue weighted by Crippen LogP contribution is 2.20. The number of nitrogens with zero attached hydrogens (tertiary/aromatic N) is 3. The Labute approximate surface area is 160 Å². The lowest BCUT2D eigenvalue weighted by Crippen LogP contribution is -2.35. The molecule has 0 unspecified atom stereocenters. The van der Waals surface area contributed by atoms with Crippen LogP contribution >= 0.6 is 0 Å². The first kappa shape index (κ1) is 19.3. The van der Waals surface area contributed by atoms with Gasteiger partial charge < -0.3 is 4.74 Å². The average Bonchev–Trinajstić information content (AvgIpc) is 2.71. The molecule has 1 aliphatic rings. The SMILES string of the molecule is CCOc1ccc(/C=N/Nc2ccc(S(=O)(=O)N3CCCCC3)cn2)cc1. The van der Waals surface area contributed by atoms with E-state index in [1.165, 1.54) is 10.5 Å². The monoisotopic (exact) mass is 388 g/mol. The number of aromatic nitrogens is 1. The first-order valence-corrected chi connectivity index (χ1v) is 10.5. The molecule has 3 rings (SSSR count). The number of anilines is 1. The van der Waals surface area contributed by atoms with E-state index in [4.69, 9.17) is 4.74 Å². The molecule has 0 radical (unpaired) electrons. The van der Waals surface area contributed by atoms with Gasteiger partial charge in [-0.2, -0.15) is 9.41 Å². The highest BCUT2D eigenvalue weighted by atomic mass is 32.2. The summed E-state index contributed by atoms with van der Waals surface area (Å²) in [5.41, 5.74) is 3.72. The number of hydrazone groups is 1. The Bertz CT molecular complexity index is 859. The third kappa shape index (κ3) is 5.05. The zero-order chi connectivity index (χ0) is 19.1. The summed E-state index contributed by atoms with van der Waals surface area (Å²) >= 11 is 0. The van der Waals surface area contributed by atoms with Gasteiger partial charge in [-0.3, -0.25) is 5.43 Å². The minimum absolute atomic E-state index is 0.213. The van der Waals surface area contributed by atoms with Crippen molar-refractivity contribution in [2.24, 2.45) is 5.10 Å². The topological polar surface area (TPSA) is 83.9 Å². The molecule has 0 saturated carbocycles. The van der Waals surface area contributed by atoms with Crippen molar-refractivity contribution in [2.75, 3.05) is 25.1 Å². The number of sulfonamides is 1. The van der Waals surface area contributed by atoms with Crippen molar-refractivity contribution in [1.29, 1.82) is 0 Å². The Morgan fingerprint density at radius 2 is 1.89 bits per heavy atom. The van der Waals surface area contributed by atoms with Gasteiger partial charge in [0.25, 0.3) is 0 Å². The molecule has 1 aliphatic heterocycles. The van der Waals surface area contributed by atoms with Gasteiger partial charge in [0.1, 0.15) is 16.5 Å². The molecule has 0 spiro atoms. The third-order valence-corrected chi connectivity index (χ3v) is 6.16. The van der Waals surface area contributed by atoms with Crippen LogP contribution in [0.1, 0.15) is 31.7 Å². The van der Waals surface area contributed by atoms with E-state index >= 15 is 0 Å². The van der Waals surface area contributed by atoms with Gasteiger partial charge in [0, 0.05) is 19.3 Å². The molecule has 2 aromatic rings. The lowest BCUT2D eigenvalue weighted by atomic mass is 10.2. The van der Waals surface area contributed by atoms with Crippen molar-refractivity contribution in [3.05, 3.63) is 48.2 Å². The predicted octanol–water partition coefficient (Wildman–Crippen LogP) is 3.10. The molecule has 7 nitrogen and oxygen atoms in total. The summed E-state index contributed by atoms with van der Waals surface area (Å²) in [4.78, 5) is 4.37. The first-order valence-electron chi connectivity index (χ1n) is 9.08. The molecule has 1 aromatic carbocycles. The minimum Gasteiger partial charge on any atom is -0.494 e. The van der Waals surface area contributed by atoms with Gasteiger partial charge in [-0.25, -0.2) is 13.4 Å². The first-order chi connectivity index (χ1) is 13.1. The van der Waals surface area contributed by atoms with E-state index < -0.39 is 10.0 Å². The van der Waals surface area contributed by atoms with Crippen LogP contribution in [0.15, 0.2) is 52.6 Å². The second-order valence-corrected chi connectivity index (χ2v) is 8.15. The van der Waals surface area contributed by atoms with E-state index in [1.54, 1.807) is 18.3 Å². The van der Waals surface area contributed by atoms with Gasteiger partial charge in [-0.15, -0.1) is 0 Å². The Hall–Kier alpha value is -2.45. The molecular weight excluding hydrogens is 364 g/mol. The molecular formula is C19H24N4O3S. The zero-order valence-electron chi connectivity index (χ0n) is 15.3. The van der Waals surface area contributed by atoms with Gasteiger partial charge in [0.05, 0.1) is 12.8 Å². The Morgan fingerprint density at radius 3 is 2.52 bits per heavy atom. The van der Waals surface area contributed by atoms with Crippen molar-refractivity contribution >= 4 is 22.1 Å². The number of nitrogens with one attached hydrogen (secondary N) is 1. The van der Waals surface area contributed by atoms with Gasteiger partial charge in [0.2, 0.25) is 10.0 Å². The molecule has 144 valence electrons. The second-order valence-electron chi connectivity index (χ2n) is 6.22. The number of pyridine rings is 1. The fraction of sp³-hybridized carbons (Fsp3) is 0.368. The highest BCUT2D eigenvalue weighted by Gasteiger charge is 2.25. The summed E-state index contributed by atoms with van der Waals surface area (Å²) in [6.45, 7) is 3.73. The van der Waals surface area contributed by atoms with Crippen LogP contribution in [0, 0.1) is 0 Å². The number of benzene rings is 1. The molecule has 1 fully saturated rings. The minimum atomic E-state index is -3.46. The van der Waals surface area contributed by atoms with E-state index in [0.29, 0.717) is 25.5 Å². The van der Waals surface area contributed by atoms with E-state index in [9.17, 15) is 8.42 Å². The number of hydrogen-bond donors (Lipinski definition) is 1. The summed E-state index contributed by atoms with van der Waals surface area (Å²) in [6, 6.07) is 10.7. The van der Waals surface area contributed by atoms with Crippen LogP contribution in [-0.4, -0.2) is 43.6 Å². The number of hydrogen-bond acceptors (Lipinski definition) is 6. The zero-order valence-corrected chi connectivity index (χ0v) is 16.2. The van der Waals surface area contributed by atoms with Gasteiger partial charge in [-0.1, -0.05) is 6.42 Å². The lowest BCUT2D eigenvalue weighted by Gasteiger charge is -2.25. The summed E-state index contributed by atoms with van der Waals surface area (Å²) in [7, 11) is -3.46. The summed E-state index contributed by atoms with van der Waals surface area (Å²) < 4.78 is 32.1. The van der Waals surface area contributed by atoms with Crippen LogP contribution in [0.5, 0.6) is 5.75 Å². The standard InChI is InChI=1S/C19H24N4O3S/c1-2-26-17-8-6-16(7-9-17)14-21-22-19-11-10-18(15-20-19)27(24,25)23-12-4-3-5-13-23/h6-11,14-15H,2-5,12-13H2,1H3,(H,20,22)/b21-14+. The van der Waals surface area contributed by atoms with E-state index in [0.717, 1.165) is 30.6 Å². The van der Waals surface area contributed by atoms with Crippen molar-refractivity contribution in [2.45, 2.75) is 31.1 Å². The summed E-state index contributed by atoms with van der Waals surface area (Å²) in [5.74, 6) is 1.30. The molecule has 0 amide bonds. The van der Waals surface area contributed by atoms with E-state index in [1.807, 2.05) is 31.2 Å². The maximum atomic E-state index is 12.6.